The van der Waals surface area contributed by atoms with Crippen molar-refractivity contribution in [3.8, 4) is 0 Å². The summed E-state index contributed by atoms with van der Waals surface area (Å²) in [6.45, 7) is 8.70. The number of aryl methyl sites for hydroxylation is 2. The van der Waals surface area contributed by atoms with Gasteiger partial charge in [-0.3, -0.25) is 0 Å². The van der Waals surface area contributed by atoms with Gasteiger partial charge in [-0.05, 0) is 43.7 Å². The molecule has 0 aromatic heterocycles. The number of hydrogen-bond donors (Lipinski definition) is 1. The molecule has 2 nitrogen and oxygen atoms in total. The molecule has 1 aliphatic carbocycles. The van der Waals surface area contributed by atoms with Crippen LogP contribution < -0.4 is 5.32 Å². The third-order valence-electron chi connectivity index (χ3n) is 5.00. The molecule has 3 unspecified atom stereocenters. The first-order valence-corrected chi connectivity index (χ1v) is 8.04. The van der Waals surface area contributed by atoms with E-state index >= 15 is 0 Å². The molecular weight excluding hydrogens is 246 g/mol. The second-order valence-electron chi connectivity index (χ2n) is 6.98. The molecule has 1 spiro atoms. The Kier molecular flexibility index (Phi) is 3.87. The van der Waals surface area contributed by atoms with Crippen molar-refractivity contribution in [2.45, 2.75) is 58.2 Å². The summed E-state index contributed by atoms with van der Waals surface area (Å²) >= 11 is 0. The first kappa shape index (κ1) is 14.1. The normalized spacial score (nSPS) is 34.4. The van der Waals surface area contributed by atoms with Gasteiger partial charge in [0.1, 0.15) is 0 Å². The maximum atomic E-state index is 6.64. The average molecular weight is 273 g/mol. The van der Waals surface area contributed by atoms with Gasteiger partial charge in [-0.15, -0.1) is 0 Å². The second kappa shape index (κ2) is 5.50. The van der Waals surface area contributed by atoms with Crippen molar-refractivity contribution in [2.75, 3.05) is 13.1 Å². The molecule has 1 saturated carbocycles. The van der Waals surface area contributed by atoms with Crippen molar-refractivity contribution >= 4 is 0 Å². The molecule has 1 aromatic rings. The van der Waals surface area contributed by atoms with Crippen molar-refractivity contribution < 1.29 is 4.74 Å². The Hall–Kier alpha value is -0.860. The van der Waals surface area contributed by atoms with Crippen molar-refractivity contribution in [3.05, 3.63) is 34.9 Å². The Bertz CT molecular complexity index is 480. The summed E-state index contributed by atoms with van der Waals surface area (Å²) in [7, 11) is 0. The van der Waals surface area contributed by atoms with E-state index in [1.165, 1.54) is 42.4 Å². The van der Waals surface area contributed by atoms with Crippen LogP contribution in [0.25, 0.3) is 0 Å². The molecule has 2 fully saturated rings. The van der Waals surface area contributed by atoms with Crippen molar-refractivity contribution in [3.63, 3.8) is 0 Å². The molecule has 1 aliphatic heterocycles. The van der Waals surface area contributed by atoms with Crippen molar-refractivity contribution in [1.29, 1.82) is 0 Å². The van der Waals surface area contributed by atoms with E-state index in [1.54, 1.807) is 0 Å². The maximum Gasteiger partial charge on any atom is 0.0960 e. The van der Waals surface area contributed by atoms with Gasteiger partial charge in [0.2, 0.25) is 0 Å². The van der Waals surface area contributed by atoms with Gasteiger partial charge >= 0.3 is 0 Å². The zero-order valence-corrected chi connectivity index (χ0v) is 13.0. The molecule has 2 aliphatic rings. The molecule has 0 amide bonds. The van der Waals surface area contributed by atoms with Gasteiger partial charge in [0, 0.05) is 13.1 Å². The van der Waals surface area contributed by atoms with Gasteiger partial charge in [0.25, 0.3) is 0 Å². The zero-order valence-electron chi connectivity index (χ0n) is 13.0. The minimum atomic E-state index is 0.0801. The van der Waals surface area contributed by atoms with Crippen LogP contribution in [0.4, 0.5) is 0 Å². The van der Waals surface area contributed by atoms with Crippen LogP contribution in [-0.4, -0.2) is 18.7 Å². The second-order valence-corrected chi connectivity index (χ2v) is 6.98. The van der Waals surface area contributed by atoms with Crippen LogP contribution in [0, 0.1) is 19.8 Å². The predicted octanol–water partition coefficient (Wildman–Crippen LogP) is 3.91. The third-order valence-corrected chi connectivity index (χ3v) is 5.00. The smallest absolute Gasteiger partial charge is 0.0960 e. The van der Waals surface area contributed by atoms with E-state index in [2.05, 4.69) is 44.3 Å². The van der Waals surface area contributed by atoms with E-state index in [0.29, 0.717) is 0 Å². The zero-order chi connectivity index (χ0) is 14.2. The van der Waals surface area contributed by atoms with Crippen LogP contribution in [0.5, 0.6) is 0 Å². The molecule has 1 saturated heterocycles. The van der Waals surface area contributed by atoms with Gasteiger partial charge in [0.05, 0.1) is 11.7 Å². The Labute approximate surface area is 122 Å². The highest BCUT2D eigenvalue weighted by atomic mass is 16.5. The number of ether oxygens (including phenoxy) is 1. The van der Waals surface area contributed by atoms with E-state index < -0.39 is 0 Å². The first-order chi connectivity index (χ1) is 9.58. The number of rotatable bonds is 1. The lowest BCUT2D eigenvalue weighted by atomic mass is 9.77. The molecule has 110 valence electrons. The highest BCUT2D eigenvalue weighted by Crippen LogP contribution is 2.40. The van der Waals surface area contributed by atoms with E-state index in [0.717, 1.165) is 19.0 Å². The monoisotopic (exact) mass is 273 g/mol. The largest absolute Gasteiger partial charge is 0.364 e. The summed E-state index contributed by atoms with van der Waals surface area (Å²) in [6.07, 6.45) is 5.31. The average Bonchev–Trinajstić information content (AvgIpc) is 2.41. The topological polar surface area (TPSA) is 21.3 Å². The minimum Gasteiger partial charge on any atom is -0.364 e. The summed E-state index contributed by atoms with van der Waals surface area (Å²) in [5, 5.41) is 3.64. The van der Waals surface area contributed by atoms with Gasteiger partial charge in [-0.2, -0.15) is 0 Å². The molecule has 1 N–H and O–H groups in total. The third kappa shape index (κ3) is 2.77. The standard InChI is InChI=1S/C18H27NO/c1-13-6-7-15(3)16(9-13)17-11-19-12-18(20-17)8-4-5-14(2)10-18/h6-7,9,14,17,19H,4-5,8,10-12H2,1-3H3. The molecule has 3 rings (SSSR count). The summed E-state index contributed by atoms with van der Waals surface area (Å²) in [6, 6.07) is 6.71. The van der Waals surface area contributed by atoms with Gasteiger partial charge in [-0.25, -0.2) is 0 Å². The lowest BCUT2D eigenvalue weighted by Crippen LogP contribution is -2.53. The predicted molar refractivity (Wildman–Crippen MR) is 83.0 cm³/mol. The molecule has 1 aromatic carbocycles. The maximum absolute atomic E-state index is 6.64. The van der Waals surface area contributed by atoms with E-state index in [-0.39, 0.29) is 11.7 Å². The first-order valence-electron chi connectivity index (χ1n) is 8.04. The fourth-order valence-corrected chi connectivity index (χ4v) is 3.98. The summed E-state index contributed by atoms with van der Waals surface area (Å²) in [4.78, 5) is 0. The van der Waals surface area contributed by atoms with Crippen LogP contribution in [-0.2, 0) is 4.74 Å². The number of nitrogens with one attached hydrogen (secondary N) is 1. The molecule has 2 heteroatoms. The Morgan fingerprint density at radius 3 is 2.95 bits per heavy atom. The van der Waals surface area contributed by atoms with Gasteiger partial charge in [0.15, 0.2) is 0 Å². The van der Waals surface area contributed by atoms with Crippen LogP contribution in [0.2, 0.25) is 0 Å². The molecule has 1 heterocycles. The highest BCUT2D eigenvalue weighted by molar-refractivity contribution is 5.33. The van der Waals surface area contributed by atoms with Crippen LogP contribution in [0.3, 0.4) is 0 Å². The Morgan fingerprint density at radius 2 is 2.15 bits per heavy atom. The number of benzene rings is 1. The van der Waals surface area contributed by atoms with Gasteiger partial charge in [-0.1, -0.05) is 43.5 Å². The summed E-state index contributed by atoms with van der Waals surface area (Å²) < 4.78 is 6.64. The van der Waals surface area contributed by atoms with Gasteiger partial charge < -0.3 is 10.1 Å². The molecule has 0 radical (unpaired) electrons. The SMILES string of the molecule is Cc1ccc(C)c(C2CNCC3(CCCC(C)C3)O2)c1. The Balaban J connectivity index is 1.82. The Morgan fingerprint density at radius 1 is 1.30 bits per heavy atom. The van der Waals surface area contributed by atoms with Crippen LogP contribution in [0.1, 0.15) is 55.4 Å². The summed E-state index contributed by atoms with van der Waals surface area (Å²) in [5.41, 5.74) is 4.13. The molecule has 3 atom stereocenters. The number of hydrogen-bond acceptors (Lipinski definition) is 2. The fraction of sp³-hybridized carbons (Fsp3) is 0.667. The highest BCUT2D eigenvalue weighted by Gasteiger charge is 2.40. The molecule has 0 bridgehead atoms. The lowest BCUT2D eigenvalue weighted by molar-refractivity contribution is -0.143. The quantitative estimate of drug-likeness (QED) is 0.837. The molecule has 20 heavy (non-hydrogen) atoms. The van der Waals surface area contributed by atoms with E-state index in [4.69, 9.17) is 4.74 Å². The fourth-order valence-electron chi connectivity index (χ4n) is 3.98. The number of morpholine rings is 1. The lowest BCUT2D eigenvalue weighted by Gasteiger charge is -2.46. The van der Waals surface area contributed by atoms with Crippen molar-refractivity contribution in [1.82, 2.24) is 5.32 Å². The molecular formula is C18H27NO. The minimum absolute atomic E-state index is 0.0801. The summed E-state index contributed by atoms with van der Waals surface area (Å²) in [5.74, 6) is 0.794. The van der Waals surface area contributed by atoms with Crippen molar-refractivity contribution in [2.24, 2.45) is 5.92 Å². The van der Waals surface area contributed by atoms with E-state index in [1.807, 2.05) is 0 Å². The van der Waals surface area contributed by atoms with Crippen LogP contribution >= 0.6 is 0 Å². The van der Waals surface area contributed by atoms with E-state index in [9.17, 15) is 0 Å². The van der Waals surface area contributed by atoms with Crippen LogP contribution in [0.15, 0.2) is 18.2 Å².